The minimum Gasteiger partial charge on any atom is -0.455 e. The van der Waals surface area contributed by atoms with E-state index in [1.807, 2.05) is 48.7 Å². The number of ether oxygens (including phenoxy) is 1. The Morgan fingerprint density at radius 2 is 2.00 bits per heavy atom. The van der Waals surface area contributed by atoms with E-state index in [0.717, 1.165) is 51.5 Å². The van der Waals surface area contributed by atoms with Crippen molar-refractivity contribution in [3.8, 4) is 11.5 Å². The molecule has 0 aliphatic carbocycles. The Morgan fingerprint density at radius 1 is 1.03 bits per heavy atom. The molecule has 0 saturated heterocycles. The zero-order valence-electron chi connectivity index (χ0n) is 15.1. The molecule has 6 nitrogen and oxygen atoms in total. The molecule has 0 fully saturated rings. The Hall–Kier alpha value is -3.16. The predicted octanol–water partition coefficient (Wildman–Crippen LogP) is 5.64. The molecule has 0 bridgehead atoms. The molecule has 29 heavy (non-hydrogen) atoms. The van der Waals surface area contributed by atoms with Crippen LogP contribution >= 0.6 is 23.1 Å². The number of benzene rings is 2. The van der Waals surface area contributed by atoms with Crippen LogP contribution in [0.5, 0.6) is 11.5 Å². The van der Waals surface area contributed by atoms with Gasteiger partial charge in [-0.2, -0.15) is 4.37 Å². The van der Waals surface area contributed by atoms with Crippen LogP contribution in [0.3, 0.4) is 0 Å². The van der Waals surface area contributed by atoms with Crippen molar-refractivity contribution in [1.82, 2.24) is 18.9 Å². The first kappa shape index (κ1) is 16.8. The van der Waals surface area contributed by atoms with Gasteiger partial charge < -0.3 is 14.2 Å². The molecule has 0 unspecified atom stereocenters. The van der Waals surface area contributed by atoms with E-state index in [0.29, 0.717) is 10.8 Å². The third-order valence-corrected chi connectivity index (χ3v) is 6.22. The number of rotatable bonds is 3. The minimum atomic E-state index is 0.550. The average molecular weight is 420 g/mol. The van der Waals surface area contributed by atoms with Gasteiger partial charge in [0.25, 0.3) is 0 Å². The fourth-order valence-electron chi connectivity index (χ4n) is 3.78. The molecular formula is C21H14ClN5OS. The highest BCUT2D eigenvalue weighted by atomic mass is 35.5. The third-order valence-electron chi connectivity index (χ3n) is 5.16. The van der Waals surface area contributed by atoms with E-state index in [2.05, 4.69) is 30.0 Å². The normalized spacial score (nSPS) is 13.3. The van der Waals surface area contributed by atoms with Gasteiger partial charge in [0, 0.05) is 25.0 Å². The lowest BCUT2D eigenvalue weighted by atomic mass is 10.2. The lowest BCUT2D eigenvalue weighted by Crippen LogP contribution is -2.28. The largest absolute Gasteiger partial charge is 0.455 e. The molecule has 0 amide bonds. The van der Waals surface area contributed by atoms with Crippen LogP contribution in [-0.2, 0) is 6.54 Å². The number of hydrogen-bond acceptors (Lipinski definition) is 6. The highest BCUT2D eigenvalue weighted by Gasteiger charge is 2.22. The molecule has 0 saturated carbocycles. The van der Waals surface area contributed by atoms with Crippen LogP contribution in [0.15, 0.2) is 61.2 Å². The molecule has 6 rings (SSSR count). The lowest BCUT2D eigenvalue weighted by Gasteiger charge is -2.29. The summed E-state index contributed by atoms with van der Waals surface area (Å²) in [6.45, 7) is 1.68. The van der Waals surface area contributed by atoms with Crippen LogP contribution in [0.25, 0.3) is 21.1 Å². The average Bonchev–Trinajstić information content (AvgIpc) is 3.39. The first-order valence-corrected chi connectivity index (χ1v) is 10.3. The molecule has 2 aromatic carbocycles. The molecule has 8 heteroatoms. The number of anilines is 2. The Bertz CT molecular complexity index is 1380. The first-order valence-electron chi connectivity index (χ1n) is 9.16. The van der Waals surface area contributed by atoms with Crippen molar-refractivity contribution >= 4 is 55.8 Å². The zero-order chi connectivity index (χ0) is 19.4. The second-order valence-electron chi connectivity index (χ2n) is 6.80. The SMILES string of the molecule is Clc1cc(N2CCn3ccc4ncnc2c43)ccc1Oc1cccc2sncc12. The standard InChI is InChI=1S/C21H14ClN5OS/c22-15-10-13(27-9-8-26-7-6-16-20(26)21(27)24-12-23-16)4-5-18(15)28-17-2-1-3-19-14(17)11-25-29-19/h1-7,10-12H,8-9H2. The summed E-state index contributed by atoms with van der Waals surface area (Å²) in [4.78, 5) is 11.1. The van der Waals surface area contributed by atoms with Crippen LogP contribution in [0.4, 0.5) is 11.5 Å². The molecule has 5 aromatic rings. The fourth-order valence-corrected chi connectivity index (χ4v) is 4.65. The van der Waals surface area contributed by atoms with Crippen LogP contribution < -0.4 is 9.64 Å². The predicted molar refractivity (Wildman–Crippen MR) is 116 cm³/mol. The van der Waals surface area contributed by atoms with Gasteiger partial charge in [-0.1, -0.05) is 17.7 Å². The molecule has 0 atom stereocenters. The number of aromatic nitrogens is 4. The summed E-state index contributed by atoms with van der Waals surface area (Å²) in [5, 5.41) is 1.53. The van der Waals surface area contributed by atoms with Gasteiger partial charge in [-0.25, -0.2) is 9.97 Å². The Morgan fingerprint density at radius 3 is 2.93 bits per heavy atom. The second-order valence-corrected chi connectivity index (χ2v) is 8.04. The van der Waals surface area contributed by atoms with E-state index >= 15 is 0 Å². The van der Waals surface area contributed by atoms with Crippen molar-refractivity contribution in [1.29, 1.82) is 0 Å². The number of halogens is 1. The number of hydrogen-bond donors (Lipinski definition) is 0. The molecular weight excluding hydrogens is 406 g/mol. The summed E-state index contributed by atoms with van der Waals surface area (Å²) in [5.41, 5.74) is 2.97. The molecule has 0 N–H and O–H groups in total. The Kier molecular flexibility index (Phi) is 3.72. The monoisotopic (exact) mass is 419 g/mol. The summed E-state index contributed by atoms with van der Waals surface area (Å²) in [5.74, 6) is 2.26. The molecule has 4 heterocycles. The summed E-state index contributed by atoms with van der Waals surface area (Å²) < 4.78 is 13.6. The van der Waals surface area contributed by atoms with Gasteiger partial charge in [-0.15, -0.1) is 0 Å². The maximum atomic E-state index is 6.60. The van der Waals surface area contributed by atoms with E-state index < -0.39 is 0 Å². The highest BCUT2D eigenvalue weighted by molar-refractivity contribution is 7.13. The summed E-state index contributed by atoms with van der Waals surface area (Å²) >= 11 is 8.05. The van der Waals surface area contributed by atoms with E-state index in [1.165, 1.54) is 11.5 Å². The number of fused-ring (bicyclic) bond motifs is 1. The van der Waals surface area contributed by atoms with Crippen molar-refractivity contribution in [3.05, 3.63) is 66.2 Å². The maximum Gasteiger partial charge on any atom is 0.161 e. The van der Waals surface area contributed by atoms with Crippen molar-refractivity contribution in [2.75, 3.05) is 11.4 Å². The van der Waals surface area contributed by atoms with Crippen molar-refractivity contribution in [2.24, 2.45) is 0 Å². The van der Waals surface area contributed by atoms with Gasteiger partial charge >= 0.3 is 0 Å². The summed E-state index contributed by atoms with van der Waals surface area (Å²) in [6.07, 6.45) is 5.49. The van der Waals surface area contributed by atoms with Gasteiger partial charge in [0.05, 0.1) is 26.8 Å². The van der Waals surface area contributed by atoms with E-state index in [-0.39, 0.29) is 0 Å². The van der Waals surface area contributed by atoms with Crippen LogP contribution in [-0.4, -0.2) is 25.5 Å². The van der Waals surface area contributed by atoms with Crippen molar-refractivity contribution < 1.29 is 4.74 Å². The topological polar surface area (TPSA) is 56.1 Å². The quantitative estimate of drug-likeness (QED) is 0.379. The summed E-state index contributed by atoms with van der Waals surface area (Å²) in [7, 11) is 0. The second kappa shape index (κ2) is 6.43. The van der Waals surface area contributed by atoms with Gasteiger partial charge in [0.2, 0.25) is 0 Å². The molecule has 1 aliphatic heterocycles. The minimum absolute atomic E-state index is 0.550. The van der Waals surface area contributed by atoms with Crippen molar-refractivity contribution in [2.45, 2.75) is 6.54 Å². The maximum absolute atomic E-state index is 6.60. The van der Waals surface area contributed by atoms with Gasteiger partial charge in [0.1, 0.15) is 23.3 Å². The number of nitrogens with zero attached hydrogens (tertiary/aromatic N) is 5. The molecule has 0 spiro atoms. The fraction of sp³-hybridized carbons (Fsp3) is 0.0952. The van der Waals surface area contributed by atoms with E-state index in [4.69, 9.17) is 16.3 Å². The smallest absolute Gasteiger partial charge is 0.161 e. The molecule has 3 aromatic heterocycles. The van der Waals surface area contributed by atoms with Crippen LogP contribution in [0.1, 0.15) is 0 Å². The molecule has 1 aliphatic rings. The van der Waals surface area contributed by atoms with Crippen molar-refractivity contribution in [3.63, 3.8) is 0 Å². The van der Waals surface area contributed by atoms with E-state index in [1.54, 1.807) is 6.33 Å². The first-order chi connectivity index (χ1) is 14.3. The Labute approximate surface area is 175 Å². The molecule has 142 valence electrons. The third kappa shape index (κ3) is 2.66. The van der Waals surface area contributed by atoms with E-state index in [9.17, 15) is 0 Å². The summed E-state index contributed by atoms with van der Waals surface area (Å²) in [6, 6.07) is 13.8. The Balaban J connectivity index is 1.37. The highest BCUT2D eigenvalue weighted by Crippen LogP contribution is 2.39. The molecule has 0 radical (unpaired) electrons. The van der Waals surface area contributed by atoms with Crippen LogP contribution in [0, 0.1) is 0 Å². The van der Waals surface area contributed by atoms with Gasteiger partial charge in [0.15, 0.2) is 5.82 Å². The zero-order valence-corrected chi connectivity index (χ0v) is 16.7. The van der Waals surface area contributed by atoms with Crippen LogP contribution in [0.2, 0.25) is 5.02 Å². The lowest BCUT2D eigenvalue weighted by molar-refractivity contribution is 0.488. The van der Waals surface area contributed by atoms with Gasteiger partial charge in [-0.3, -0.25) is 0 Å². The van der Waals surface area contributed by atoms with Gasteiger partial charge in [-0.05, 0) is 47.9 Å².